The molecule has 11 heteroatoms. The van der Waals surface area contributed by atoms with E-state index in [-0.39, 0.29) is 23.8 Å². The number of nitrogens with one attached hydrogen (secondary N) is 1. The molecule has 36 heavy (non-hydrogen) atoms. The van der Waals surface area contributed by atoms with E-state index in [2.05, 4.69) is 5.32 Å². The number of rotatable bonds is 9. The van der Waals surface area contributed by atoms with Gasteiger partial charge in [0.1, 0.15) is 12.6 Å². The van der Waals surface area contributed by atoms with Crippen LogP contribution in [0.4, 0.5) is 11.4 Å². The van der Waals surface area contributed by atoms with Crippen molar-refractivity contribution >= 4 is 33.2 Å². The minimum absolute atomic E-state index is 0.0298. The Morgan fingerprint density at radius 2 is 1.67 bits per heavy atom. The van der Waals surface area contributed by atoms with Crippen LogP contribution < -0.4 is 9.62 Å². The second-order valence-electron chi connectivity index (χ2n) is 9.92. The zero-order valence-electron chi connectivity index (χ0n) is 21.7. The first-order valence-corrected chi connectivity index (χ1v) is 13.2. The molecule has 0 saturated carbocycles. The standard InChI is InChI=1S/C25H34N4O6S/c1-17-8-11-20(12-9-17)15-27(19(3)24(31)26-25(4,5)6)23(30)16-28(36(7,34)35)22-14-21(29(32)33)13-10-18(22)2/h8-14,19H,15-16H2,1-7H3,(H,26,31)/t19-/m1/s1. The molecule has 2 amide bonds. The predicted octanol–water partition coefficient (Wildman–Crippen LogP) is 3.31. The third kappa shape index (κ3) is 7.77. The Hall–Kier alpha value is -3.47. The number of amides is 2. The van der Waals surface area contributed by atoms with Gasteiger partial charge in [-0.25, -0.2) is 8.42 Å². The van der Waals surface area contributed by atoms with Crippen molar-refractivity contribution in [3.63, 3.8) is 0 Å². The summed E-state index contributed by atoms with van der Waals surface area (Å²) in [5.41, 5.74) is 1.43. The summed E-state index contributed by atoms with van der Waals surface area (Å²) >= 11 is 0. The number of carbonyl (C=O) groups is 2. The molecule has 0 aliphatic heterocycles. The summed E-state index contributed by atoms with van der Waals surface area (Å²) in [5.74, 6) is -1.01. The molecule has 0 saturated heterocycles. The van der Waals surface area contributed by atoms with Crippen molar-refractivity contribution in [1.82, 2.24) is 10.2 Å². The van der Waals surface area contributed by atoms with Gasteiger partial charge in [0.25, 0.3) is 5.69 Å². The van der Waals surface area contributed by atoms with Crippen LogP contribution in [0.1, 0.15) is 44.4 Å². The van der Waals surface area contributed by atoms with E-state index in [1.165, 1.54) is 17.0 Å². The quantitative estimate of drug-likeness (QED) is 0.400. The fourth-order valence-electron chi connectivity index (χ4n) is 3.52. The van der Waals surface area contributed by atoms with Crippen molar-refractivity contribution in [1.29, 1.82) is 0 Å². The summed E-state index contributed by atoms with van der Waals surface area (Å²) in [6, 6.07) is 10.4. The van der Waals surface area contributed by atoms with E-state index in [4.69, 9.17) is 0 Å². The maximum Gasteiger partial charge on any atom is 0.271 e. The van der Waals surface area contributed by atoms with E-state index < -0.39 is 39.0 Å². The number of nitro groups is 1. The molecule has 196 valence electrons. The Kier molecular flexibility index (Phi) is 8.84. The lowest BCUT2D eigenvalue weighted by molar-refractivity contribution is -0.384. The van der Waals surface area contributed by atoms with Gasteiger partial charge < -0.3 is 10.2 Å². The predicted molar refractivity (Wildman–Crippen MR) is 139 cm³/mol. The first-order valence-electron chi connectivity index (χ1n) is 11.4. The van der Waals surface area contributed by atoms with E-state index in [0.29, 0.717) is 5.56 Å². The van der Waals surface area contributed by atoms with Gasteiger partial charge in [-0.15, -0.1) is 0 Å². The topological polar surface area (TPSA) is 130 Å². The first-order chi connectivity index (χ1) is 16.5. The van der Waals surface area contributed by atoms with Crippen LogP contribution in [-0.2, 0) is 26.2 Å². The summed E-state index contributed by atoms with van der Waals surface area (Å²) in [6.07, 6.45) is 0.929. The monoisotopic (exact) mass is 518 g/mol. The van der Waals surface area contributed by atoms with Crippen LogP contribution in [0.5, 0.6) is 0 Å². The Bertz CT molecular complexity index is 1240. The molecular formula is C25H34N4O6S. The zero-order chi connectivity index (χ0) is 27.4. The van der Waals surface area contributed by atoms with Gasteiger partial charge in [-0.1, -0.05) is 35.9 Å². The number of aryl methyl sites for hydroxylation is 2. The van der Waals surface area contributed by atoms with Crippen molar-refractivity contribution in [2.45, 2.75) is 59.7 Å². The maximum atomic E-state index is 13.6. The fourth-order valence-corrected chi connectivity index (χ4v) is 4.42. The molecule has 0 aliphatic rings. The van der Waals surface area contributed by atoms with E-state index >= 15 is 0 Å². The maximum absolute atomic E-state index is 13.6. The smallest absolute Gasteiger partial charge is 0.271 e. The van der Waals surface area contributed by atoms with Crippen molar-refractivity contribution < 1.29 is 22.9 Å². The van der Waals surface area contributed by atoms with Crippen LogP contribution in [0, 0.1) is 24.0 Å². The molecule has 0 heterocycles. The molecule has 0 fully saturated rings. The minimum atomic E-state index is -4.00. The molecule has 2 aromatic rings. The van der Waals surface area contributed by atoms with Crippen LogP contribution in [-0.4, -0.2) is 54.4 Å². The Balaban J connectivity index is 2.49. The number of hydrogen-bond acceptors (Lipinski definition) is 6. The van der Waals surface area contributed by atoms with Crippen molar-refractivity contribution in [2.24, 2.45) is 0 Å². The number of non-ortho nitro benzene ring substituents is 1. The molecule has 0 aliphatic carbocycles. The van der Waals surface area contributed by atoms with Gasteiger partial charge in [-0.05, 0) is 52.7 Å². The highest BCUT2D eigenvalue weighted by Crippen LogP contribution is 2.28. The molecule has 0 unspecified atom stereocenters. The second-order valence-corrected chi connectivity index (χ2v) is 11.8. The van der Waals surface area contributed by atoms with Gasteiger partial charge >= 0.3 is 0 Å². The van der Waals surface area contributed by atoms with Gasteiger partial charge in [0, 0.05) is 24.2 Å². The number of sulfonamides is 1. The Labute approximate surface area is 212 Å². The minimum Gasteiger partial charge on any atom is -0.350 e. The van der Waals surface area contributed by atoms with Gasteiger partial charge in [0.15, 0.2) is 0 Å². The number of carbonyl (C=O) groups excluding carboxylic acids is 2. The van der Waals surface area contributed by atoms with E-state index in [1.54, 1.807) is 13.8 Å². The van der Waals surface area contributed by atoms with Gasteiger partial charge in [0.05, 0.1) is 16.9 Å². The zero-order valence-corrected chi connectivity index (χ0v) is 22.5. The molecule has 0 aromatic heterocycles. The molecule has 0 bridgehead atoms. The average molecular weight is 519 g/mol. The molecule has 1 atom stereocenters. The third-order valence-corrected chi connectivity index (χ3v) is 6.62. The fraction of sp³-hybridized carbons (Fsp3) is 0.440. The number of benzene rings is 2. The van der Waals surface area contributed by atoms with Crippen LogP contribution in [0.2, 0.25) is 0 Å². The lowest BCUT2D eigenvalue weighted by atomic mass is 10.1. The normalized spacial score (nSPS) is 12.5. The van der Waals surface area contributed by atoms with Gasteiger partial charge in [-0.3, -0.25) is 24.0 Å². The van der Waals surface area contributed by atoms with Crippen molar-refractivity contribution in [2.75, 3.05) is 17.1 Å². The SMILES string of the molecule is Cc1ccc(CN(C(=O)CN(c2cc([N+](=O)[O-])ccc2C)S(C)(=O)=O)[C@H](C)C(=O)NC(C)(C)C)cc1. The number of hydrogen-bond donors (Lipinski definition) is 1. The molecule has 2 aromatic carbocycles. The highest BCUT2D eigenvalue weighted by Gasteiger charge is 2.32. The van der Waals surface area contributed by atoms with Crippen LogP contribution >= 0.6 is 0 Å². The second kappa shape index (κ2) is 11.1. The number of nitro benzene ring substituents is 1. The van der Waals surface area contributed by atoms with Gasteiger partial charge in [0.2, 0.25) is 21.8 Å². The third-order valence-electron chi connectivity index (χ3n) is 5.49. The van der Waals surface area contributed by atoms with Gasteiger partial charge in [-0.2, -0.15) is 0 Å². The Morgan fingerprint density at radius 1 is 1.08 bits per heavy atom. The molecule has 1 N–H and O–H groups in total. The summed E-state index contributed by atoms with van der Waals surface area (Å²) < 4.78 is 26.3. The highest BCUT2D eigenvalue weighted by molar-refractivity contribution is 7.92. The average Bonchev–Trinajstić information content (AvgIpc) is 2.75. The van der Waals surface area contributed by atoms with Crippen LogP contribution in [0.3, 0.4) is 0 Å². The summed E-state index contributed by atoms with van der Waals surface area (Å²) in [7, 11) is -4.00. The van der Waals surface area contributed by atoms with Crippen molar-refractivity contribution in [3.8, 4) is 0 Å². The molecule has 10 nitrogen and oxygen atoms in total. The number of nitrogens with zero attached hydrogens (tertiary/aromatic N) is 3. The van der Waals surface area contributed by atoms with E-state index in [0.717, 1.165) is 27.8 Å². The van der Waals surface area contributed by atoms with Crippen LogP contribution in [0.15, 0.2) is 42.5 Å². The summed E-state index contributed by atoms with van der Waals surface area (Å²) in [5, 5.41) is 14.1. The lowest BCUT2D eigenvalue weighted by Gasteiger charge is -2.33. The summed E-state index contributed by atoms with van der Waals surface area (Å²) in [4.78, 5) is 38.5. The lowest BCUT2D eigenvalue weighted by Crippen LogP contribution is -2.54. The Morgan fingerprint density at radius 3 is 2.17 bits per heavy atom. The molecule has 0 radical (unpaired) electrons. The van der Waals surface area contributed by atoms with Crippen molar-refractivity contribution in [3.05, 3.63) is 69.3 Å². The molecular weight excluding hydrogens is 484 g/mol. The number of anilines is 1. The van der Waals surface area contributed by atoms with Crippen LogP contribution in [0.25, 0.3) is 0 Å². The van der Waals surface area contributed by atoms with E-state index in [9.17, 15) is 28.1 Å². The highest BCUT2D eigenvalue weighted by atomic mass is 32.2. The first kappa shape index (κ1) is 28.8. The largest absolute Gasteiger partial charge is 0.350 e. The molecule has 2 rings (SSSR count). The molecule has 0 spiro atoms. The van der Waals surface area contributed by atoms with E-state index in [1.807, 2.05) is 52.0 Å². The summed E-state index contributed by atoms with van der Waals surface area (Å²) in [6.45, 7) is 10.0.